The Bertz CT molecular complexity index is 1870. The van der Waals surface area contributed by atoms with Gasteiger partial charge in [-0.1, -0.05) is 30.3 Å². The Hall–Kier alpha value is -3.55. The lowest BCUT2D eigenvalue weighted by atomic mass is 9.95. The first-order valence-electron chi connectivity index (χ1n) is 17.8. The first-order chi connectivity index (χ1) is 24.0. The molecule has 8 rings (SSSR count). The zero-order valence-electron chi connectivity index (χ0n) is 29.0. The van der Waals surface area contributed by atoms with Gasteiger partial charge in [-0.2, -0.15) is 15.1 Å². The van der Waals surface area contributed by atoms with E-state index < -0.39 is 11.8 Å². The Labute approximate surface area is 300 Å². The van der Waals surface area contributed by atoms with Crippen LogP contribution in [0.3, 0.4) is 0 Å². The normalized spacial score (nSPS) is 25.2. The molecule has 50 heavy (non-hydrogen) atoms. The van der Waals surface area contributed by atoms with Crippen LogP contribution in [-0.4, -0.2) is 104 Å². The zero-order chi connectivity index (χ0) is 34.6. The summed E-state index contributed by atoms with van der Waals surface area (Å²) in [5.74, 6) is 0.763. The van der Waals surface area contributed by atoms with Gasteiger partial charge in [0.25, 0.3) is 0 Å². The number of benzene rings is 2. The van der Waals surface area contributed by atoms with Gasteiger partial charge >= 0.3 is 12.1 Å². The molecule has 2 aromatic carbocycles. The first-order valence-corrected chi connectivity index (χ1v) is 18.6. The molecule has 2 bridgehead atoms. The molecular weight excluding hydrogens is 705 g/mol. The lowest BCUT2D eigenvalue weighted by Gasteiger charge is -2.42. The summed E-state index contributed by atoms with van der Waals surface area (Å²) in [6.07, 6.45) is 5.17. The average Bonchev–Trinajstić information content (AvgIpc) is 3.81. The number of rotatable bonds is 9. The van der Waals surface area contributed by atoms with Gasteiger partial charge in [0.2, 0.25) is 0 Å². The number of hydrogen-bond acceptors (Lipinski definition) is 9. The van der Waals surface area contributed by atoms with E-state index in [1.165, 1.54) is 0 Å². The number of anilines is 1. The van der Waals surface area contributed by atoms with Gasteiger partial charge in [0.05, 0.1) is 48.3 Å². The summed E-state index contributed by atoms with van der Waals surface area (Å²) in [5.41, 5.74) is 1.80. The van der Waals surface area contributed by atoms with Crippen LogP contribution in [-0.2, 0) is 22.6 Å². The number of fused-ring (bicyclic) bond motifs is 6. The highest BCUT2D eigenvalue weighted by atomic mass is 79.9. The maximum Gasteiger partial charge on any atom is 0.410 e. The summed E-state index contributed by atoms with van der Waals surface area (Å²) >= 11 is 3.77. The highest BCUT2D eigenvalue weighted by molar-refractivity contribution is 9.10. The molecule has 0 N–H and O–H groups in total. The number of amides is 1. The molecule has 0 radical (unpaired) electrons. The van der Waals surface area contributed by atoms with Crippen molar-refractivity contribution in [1.29, 1.82) is 0 Å². The van der Waals surface area contributed by atoms with Gasteiger partial charge in [-0.15, -0.1) is 0 Å². The van der Waals surface area contributed by atoms with Crippen LogP contribution in [0.2, 0.25) is 0 Å². The summed E-state index contributed by atoms with van der Waals surface area (Å²) in [6.45, 7) is 10.3. The van der Waals surface area contributed by atoms with Gasteiger partial charge in [0.1, 0.15) is 29.7 Å². The van der Waals surface area contributed by atoms with E-state index in [0.29, 0.717) is 52.4 Å². The number of halogens is 2. The summed E-state index contributed by atoms with van der Waals surface area (Å²) in [6, 6.07) is 12.4. The molecule has 4 atom stereocenters. The molecule has 0 spiro atoms. The SMILES string of the molecule is CC(C)(C)OC(=O)N1[C@@H]2CC[C@H]1CN(c1nc(OC[C@@]34CCCN3C[C@H](F)C4)nc3cc(Br)c4nn(CCOCc5ccccc5)cc4c13)C2. The molecule has 4 saturated heterocycles. The number of piperazine rings is 1. The average molecular weight is 751 g/mol. The van der Waals surface area contributed by atoms with Gasteiger partial charge < -0.3 is 19.1 Å². The van der Waals surface area contributed by atoms with Crippen LogP contribution < -0.4 is 9.64 Å². The molecule has 0 saturated carbocycles. The van der Waals surface area contributed by atoms with Gasteiger partial charge in [-0.3, -0.25) is 14.5 Å². The third-order valence-electron chi connectivity index (χ3n) is 10.6. The summed E-state index contributed by atoms with van der Waals surface area (Å²) in [7, 11) is 0. The smallest absolute Gasteiger partial charge is 0.410 e. The first kappa shape index (κ1) is 33.6. The van der Waals surface area contributed by atoms with Crippen LogP contribution >= 0.6 is 15.9 Å². The van der Waals surface area contributed by atoms with E-state index in [2.05, 4.69) is 37.9 Å². The molecule has 0 aliphatic carbocycles. The lowest BCUT2D eigenvalue weighted by molar-refractivity contribution is 0.0122. The fourth-order valence-electron chi connectivity index (χ4n) is 8.44. The van der Waals surface area contributed by atoms with Crippen molar-refractivity contribution in [3.63, 3.8) is 0 Å². The van der Waals surface area contributed by atoms with Gasteiger partial charge in [-0.25, -0.2) is 9.18 Å². The highest BCUT2D eigenvalue weighted by Gasteiger charge is 2.50. The third-order valence-corrected chi connectivity index (χ3v) is 11.2. The van der Waals surface area contributed by atoms with E-state index >= 15 is 0 Å². The van der Waals surface area contributed by atoms with Crippen molar-refractivity contribution in [2.75, 3.05) is 44.3 Å². The summed E-state index contributed by atoms with van der Waals surface area (Å²) < 4.78 is 35.5. The maximum absolute atomic E-state index is 14.6. The van der Waals surface area contributed by atoms with Crippen LogP contribution in [0.1, 0.15) is 58.4 Å². The third kappa shape index (κ3) is 6.52. The van der Waals surface area contributed by atoms with Crippen LogP contribution in [0.25, 0.3) is 21.8 Å². The van der Waals surface area contributed by atoms with E-state index in [4.69, 9.17) is 29.3 Å². The molecule has 13 heteroatoms. The van der Waals surface area contributed by atoms with Crippen LogP contribution in [0.5, 0.6) is 6.01 Å². The van der Waals surface area contributed by atoms with E-state index in [9.17, 15) is 9.18 Å². The number of ether oxygens (including phenoxy) is 3. The van der Waals surface area contributed by atoms with Crippen molar-refractivity contribution in [2.24, 2.45) is 0 Å². The van der Waals surface area contributed by atoms with Crippen molar-refractivity contribution in [3.05, 3.63) is 52.6 Å². The Morgan fingerprint density at radius 2 is 1.88 bits per heavy atom. The fourth-order valence-corrected chi connectivity index (χ4v) is 8.95. The van der Waals surface area contributed by atoms with E-state index in [1.54, 1.807) is 0 Å². The minimum Gasteiger partial charge on any atom is -0.461 e. The summed E-state index contributed by atoms with van der Waals surface area (Å²) in [5, 5.41) is 6.75. The Kier molecular flexibility index (Phi) is 8.87. The molecule has 2 aromatic heterocycles. The molecular formula is C37H45BrFN7O4. The van der Waals surface area contributed by atoms with E-state index in [0.717, 1.165) is 69.9 Å². The zero-order valence-corrected chi connectivity index (χ0v) is 30.6. The number of aromatic nitrogens is 4. The molecule has 4 fully saturated rings. The minimum absolute atomic E-state index is 0.000628. The topological polar surface area (TPSA) is 98.1 Å². The molecule has 11 nitrogen and oxygen atoms in total. The lowest BCUT2D eigenvalue weighted by Crippen LogP contribution is -2.57. The van der Waals surface area contributed by atoms with Gasteiger partial charge in [0, 0.05) is 42.1 Å². The van der Waals surface area contributed by atoms with Crippen LogP contribution in [0, 0.1) is 0 Å². The Balaban J connectivity index is 1.12. The molecule has 4 aliphatic rings. The van der Waals surface area contributed by atoms with Crippen LogP contribution in [0.15, 0.2) is 47.1 Å². The molecule has 6 heterocycles. The molecule has 4 aromatic rings. The van der Waals surface area contributed by atoms with Crippen molar-refractivity contribution >= 4 is 49.6 Å². The van der Waals surface area contributed by atoms with E-state index in [1.807, 2.05) is 60.8 Å². The van der Waals surface area contributed by atoms with Crippen molar-refractivity contribution < 1.29 is 23.4 Å². The molecule has 4 aliphatic heterocycles. The fraction of sp³-hybridized carbons (Fsp3) is 0.568. The Morgan fingerprint density at radius 3 is 2.64 bits per heavy atom. The number of alkyl halides is 1. The predicted molar refractivity (Wildman–Crippen MR) is 192 cm³/mol. The van der Waals surface area contributed by atoms with Crippen molar-refractivity contribution in [3.8, 4) is 6.01 Å². The minimum atomic E-state index is -0.840. The van der Waals surface area contributed by atoms with Crippen molar-refractivity contribution in [1.82, 2.24) is 29.5 Å². The standard InChI is InChI=1S/C37H45BrFN7O4/c1-36(2,3)50-35(47)46-26-10-11-27(46)20-43(19-26)33-31-28-21-45(14-15-48-22-24-8-5-4-6-9-24)42-32(28)29(38)16-30(31)40-34(41-33)49-23-37-12-7-13-44(37)18-25(39)17-37/h4-6,8-9,16,21,25-27H,7,10-15,17-20,22-23H2,1-3H3/t25-,26-,27+,37+/m1/s1. The van der Waals surface area contributed by atoms with Gasteiger partial charge in [-0.05, 0) is 80.6 Å². The van der Waals surface area contributed by atoms with E-state index in [-0.39, 0.29) is 29.7 Å². The van der Waals surface area contributed by atoms with Gasteiger partial charge in [0.15, 0.2) is 0 Å². The maximum atomic E-state index is 14.6. The van der Waals surface area contributed by atoms with Crippen LogP contribution in [0.4, 0.5) is 15.0 Å². The second kappa shape index (κ2) is 13.2. The number of carbonyl (C=O) groups excluding carboxylic acids is 1. The number of hydrogen-bond donors (Lipinski definition) is 0. The van der Waals surface area contributed by atoms with Crippen molar-refractivity contribution in [2.45, 2.75) is 95.4 Å². The predicted octanol–water partition coefficient (Wildman–Crippen LogP) is 6.50. The largest absolute Gasteiger partial charge is 0.461 e. The number of nitrogens with zero attached hydrogens (tertiary/aromatic N) is 7. The molecule has 266 valence electrons. The number of carbonyl (C=O) groups is 1. The monoisotopic (exact) mass is 749 g/mol. The molecule has 0 unspecified atom stereocenters. The summed E-state index contributed by atoms with van der Waals surface area (Å²) in [4.78, 5) is 29.8. The Morgan fingerprint density at radius 1 is 1.10 bits per heavy atom. The second-order valence-corrected chi connectivity index (χ2v) is 16.2. The quantitative estimate of drug-likeness (QED) is 0.178. The second-order valence-electron chi connectivity index (χ2n) is 15.3. The molecule has 1 amide bonds. The highest BCUT2D eigenvalue weighted by Crippen LogP contribution is 2.42.